The molecule has 0 bridgehead atoms. The molecule has 2 aliphatic heterocycles. The zero-order valence-electron chi connectivity index (χ0n) is 27.3. The van der Waals surface area contributed by atoms with E-state index in [1.165, 1.54) is 11.1 Å². The first kappa shape index (κ1) is 33.2. The summed E-state index contributed by atoms with van der Waals surface area (Å²) in [7, 11) is 0. The highest BCUT2D eigenvalue weighted by atomic mass is 35.5. The van der Waals surface area contributed by atoms with Crippen LogP contribution >= 0.6 is 11.6 Å². The molecule has 246 valence electrons. The smallest absolute Gasteiger partial charge is 0.336 e. The second-order valence-electron chi connectivity index (χ2n) is 12.2. The summed E-state index contributed by atoms with van der Waals surface area (Å²) in [5.74, 6) is -1.11. The Labute approximate surface area is 287 Å². The van der Waals surface area contributed by atoms with Gasteiger partial charge in [-0.25, -0.2) is 4.79 Å². The standard InChI is InChI=1S/C40H40ClN3O4/c1-3-48-40(47)37-28(2)44(36(45)26-34(37)33-19-10-11-20-35(33)41)27-29-13-12-18-32(25-29)39(46)43-23-21-42(22-24-43)38(30-14-6-4-7-15-30)31-16-8-5-9-17-31/h4-20,25,34,38H,3,21-24,26-27H2,1-2H3/t34-/m0/s1. The first-order chi connectivity index (χ1) is 23.4. The molecule has 0 N–H and O–H groups in total. The molecule has 8 heteroatoms. The average molecular weight is 662 g/mol. The number of esters is 1. The van der Waals surface area contributed by atoms with Crippen molar-refractivity contribution in [2.45, 2.75) is 38.8 Å². The normalized spacial score (nSPS) is 17.2. The summed E-state index contributed by atoms with van der Waals surface area (Å²) < 4.78 is 5.44. The molecule has 0 aliphatic carbocycles. The lowest BCUT2D eigenvalue weighted by Gasteiger charge is -2.40. The molecule has 7 nitrogen and oxygen atoms in total. The number of hydrogen-bond acceptors (Lipinski definition) is 5. The number of nitrogens with zero attached hydrogens (tertiary/aromatic N) is 3. The topological polar surface area (TPSA) is 70.2 Å². The predicted octanol–water partition coefficient (Wildman–Crippen LogP) is 7.24. The molecule has 0 unspecified atom stereocenters. The van der Waals surface area contributed by atoms with Gasteiger partial charge in [0, 0.05) is 54.8 Å². The fraction of sp³-hybridized carbons (Fsp3) is 0.275. The van der Waals surface area contributed by atoms with Gasteiger partial charge in [-0.1, -0.05) is 103 Å². The summed E-state index contributed by atoms with van der Waals surface area (Å²) in [6.07, 6.45) is 0.0884. The van der Waals surface area contributed by atoms with Crippen LogP contribution in [0.5, 0.6) is 0 Å². The van der Waals surface area contributed by atoms with Crippen molar-refractivity contribution in [3.63, 3.8) is 0 Å². The van der Waals surface area contributed by atoms with Crippen molar-refractivity contribution in [2.24, 2.45) is 0 Å². The molecular weight excluding hydrogens is 622 g/mol. The molecule has 0 aromatic heterocycles. The zero-order chi connectivity index (χ0) is 33.6. The molecule has 6 rings (SSSR count). The van der Waals surface area contributed by atoms with Crippen molar-refractivity contribution in [3.8, 4) is 0 Å². The number of allylic oxidation sites excluding steroid dienone is 1. The molecule has 4 aromatic carbocycles. The van der Waals surface area contributed by atoms with Gasteiger partial charge in [-0.3, -0.25) is 14.5 Å². The number of rotatable bonds is 9. The summed E-state index contributed by atoms with van der Waals surface area (Å²) >= 11 is 6.52. The van der Waals surface area contributed by atoms with Crippen LogP contribution in [0, 0.1) is 0 Å². The third-order valence-electron chi connectivity index (χ3n) is 9.31. The number of hydrogen-bond donors (Lipinski definition) is 0. The molecule has 0 spiro atoms. The van der Waals surface area contributed by atoms with E-state index in [4.69, 9.17) is 16.3 Å². The number of benzene rings is 4. The summed E-state index contributed by atoms with van der Waals surface area (Å²) in [4.78, 5) is 46.6. The molecule has 1 saturated heterocycles. The average Bonchev–Trinajstić information content (AvgIpc) is 3.11. The quantitative estimate of drug-likeness (QED) is 0.177. The number of carbonyl (C=O) groups excluding carboxylic acids is 3. The number of ether oxygens (including phenoxy) is 1. The van der Waals surface area contributed by atoms with Crippen molar-refractivity contribution in [1.29, 1.82) is 0 Å². The van der Waals surface area contributed by atoms with Gasteiger partial charge >= 0.3 is 5.97 Å². The van der Waals surface area contributed by atoms with Crippen LogP contribution in [0.25, 0.3) is 0 Å². The minimum absolute atomic E-state index is 0.0318. The fourth-order valence-electron chi connectivity index (χ4n) is 6.94. The largest absolute Gasteiger partial charge is 0.463 e. The van der Waals surface area contributed by atoms with E-state index in [1.54, 1.807) is 24.8 Å². The first-order valence-electron chi connectivity index (χ1n) is 16.5. The van der Waals surface area contributed by atoms with Crippen LogP contribution in [0.1, 0.15) is 64.8 Å². The summed E-state index contributed by atoms with van der Waals surface area (Å²) in [5, 5.41) is 0.501. The number of amides is 2. The predicted molar refractivity (Wildman–Crippen MR) is 187 cm³/mol. The SMILES string of the molecule is CCOC(=O)C1=C(C)N(Cc2cccc(C(=O)N3CCN(C(c4ccccc4)c4ccccc4)CC3)c2)C(=O)C[C@H]1c1ccccc1Cl. The van der Waals surface area contributed by atoms with E-state index in [0.717, 1.165) is 24.2 Å². The maximum Gasteiger partial charge on any atom is 0.336 e. The van der Waals surface area contributed by atoms with Gasteiger partial charge in [0.25, 0.3) is 5.91 Å². The van der Waals surface area contributed by atoms with Gasteiger partial charge < -0.3 is 14.5 Å². The highest BCUT2D eigenvalue weighted by Gasteiger charge is 2.38. The van der Waals surface area contributed by atoms with Gasteiger partial charge in [0.05, 0.1) is 24.8 Å². The molecule has 2 heterocycles. The van der Waals surface area contributed by atoms with E-state index in [0.29, 0.717) is 34.9 Å². The maximum absolute atomic E-state index is 13.8. The minimum atomic E-state index is -0.503. The second-order valence-corrected chi connectivity index (χ2v) is 12.6. The lowest BCUT2D eigenvalue weighted by Crippen LogP contribution is -2.49. The monoisotopic (exact) mass is 661 g/mol. The summed E-state index contributed by atoms with van der Waals surface area (Å²) in [6, 6.07) is 35.9. The fourth-order valence-corrected chi connectivity index (χ4v) is 7.20. The Hall–Kier alpha value is -4.72. The third-order valence-corrected chi connectivity index (χ3v) is 9.65. The van der Waals surface area contributed by atoms with Gasteiger partial charge in [-0.15, -0.1) is 0 Å². The van der Waals surface area contributed by atoms with Crippen LogP contribution in [-0.4, -0.2) is 65.3 Å². The van der Waals surface area contributed by atoms with Gasteiger partial charge in [-0.2, -0.15) is 0 Å². The van der Waals surface area contributed by atoms with E-state index < -0.39 is 11.9 Å². The van der Waals surface area contributed by atoms with E-state index in [9.17, 15) is 14.4 Å². The lowest BCUT2D eigenvalue weighted by atomic mass is 9.83. The van der Waals surface area contributed by atoms with Crippen molar-refractivity contribution >= 4 is 29.4 Å². The number of halogens is 1. The van der Waals surface area contributed by atoms with Crippen LogP contribution in [-0.2, 0) is 20.9 Å². The molecule has 0 radical (unpaired) electrons. The van der Waals surface area contributed by atoms with Crippen LogP contribution in [0.15, 0.2) is 120 Å². The highest BCUT2D eigenvalue weighted by Crippen LogP contribution is 2.40. The summed E-state index contributed by atoms with van der Waals surface area (Å²) in [6.45, 7) is 6.70. The third kappa shape index (κ3) is 7.08. The van der Waals surface area contributed by atoms with Crippen LogP contribution < -0.4 is 0 Å². The molecule has 4 aromatic rings. The molecule has 2 amide bonds. The molecular formula is C40H40ClN3O4. The van der Waals surface area contributed by atoms with Gasteiger partial charge in [-0.05, 0) is 54.3 Å². The zero-order valence-corrected chi connectivity index (χ0v) is 28.1. The lowest BCUT2D eigenvalue weighted by molar-refractivity contribution is -0.140. The van der Waals surface area contributed by atoms with Crippen LogP contribution in [0.2, 0.25) is 5.02 Å². The Morgan fingerprint density at radius 2 is 1.46 bits per heavy atom. The second kappa shape index (κ2) is 15.0. The Balaban J connectivity index is 1.18. The Bertz CT molecular complexity index is 1760. The first-order valence-corrected chi connectivity index (χ1v) is 16.9. The number of piperazine rings is 1. The van der Waals surface area contributed by atoms with E-state index in [2.05, 4.69) is 53.4 Å². The van der Waals surface area contributed by atoms with Crippen LogP contribution in [0.4, 0.5) is 0 Å². The maximum atomic E-state index is 13.8. The number of carbonyl (C=O) groups is 3. The van der Waals surface area contributed by atoms with E-state index in [-0.39, 0.29) is 37.4 Å². The van der Waals surface area contributed by atoms with Crippen molar-refractivity contribution in [3.05, 3.63) is 153 Å². The van der Waals surface area contributed by atoms with Crippen molar-refractivity contribution < 1.29 is 19.1 Å². The summed E-state index contributed by atoms with van der Waals surface area (Å²) in [5.41, 5.74) is 5.54. The Morgan fingerprint density at radius 1 is 0.833 bits per heavy atom. The van der Waals surface area contributed by atoms with Gasteiger partial charge in [0.2, 0.25) is 5.91 Å². The van der Waals surface area contributed by atoms with E-state index >= 15 is 0 Å². The Kier molecular flexibility index (Phi) is 10.4. The Morgan fingerprint density at radius 3 is 2.08 bits per heavy atom. The molecule has 48 heavy (non-hydrogen) atoms. The molecule has 0 saturated carbocycles. The molecule has 1 fully saturated rings. The molecule has 1 atom stereocenters. The van der Waals surface area contributed by atoms with Crippen molar-refractivity contribution in [2.75, 3.05) is 32.8 Å². The van der Waals surface area contributed by atoms with Crippen LogP contribution in [0.3, 0.4) is 0 Å². The van der Waals surface area contributed by atoms with E-state index in [1.807, 2.05) is 59.5 Å². The van der Waals surface area contributed by atoms with Gasteiger partial charge in [0.1, 0.15) is 0 Å². The van der Waals surface area contributed by atoms with Gasteiger partial charge in [0.15, 0.2) is 0 Å². The highest BCUT2D eigenvalue weighted by molar-refractivity contribution is 6.31. The molecule has 2 aliphatic rings. The van der Waals surface area contributed by atoms with Crippen molar-refractivity contribution in [1.82, 2.24) is 14.7 Å². The minimum Gasteiger partial charge on any atom is -0.463 e.